The van der Waals surface area contributed by atoms with E-state index in [9.17, 15) is 4.79 Å². The lowest BCUT2D eigenvalue weighted by Crippen LogP contribution is -2.48. The molecule has 2 aliphatic rings. The Morgan fingerprint density at radius 3 is 2.53 bits per heavy atom. The van der Waals surface area contributed by atoms with Gasteiger partial charge in [0, 0.05) is 6.42 Å². The van der Waals surface area contributed by atoms with Crippen LogP contribution >= 0.6 is 0 Å². The van der Waals surface area contributed by atoms with Gasteiger partial charge in [0.25, 0.3) is 0 Å². The third-order valence-electron chi connectivity index (χ3n) is 3.79. The Bertz CT molecular complexity index is 252. The van der Waals surface area contributed by atoms with Crippen LogP contribution in [0.1, 0.15) is 38.5 Å². The number of ether oxygens (including phenoxy) is 1. The number of nitrogens with one attached hydrogen (secondary N) is 1. The summed E-state index contributed by atoms with van der Waals surface area (Å²) in [6.07, 6.45) is 6.24. The molecule has 0 aliphatic heterocycles. The molecule has 2 atom stereocenters. The summed E-state index contributed by atoms with van der Waals surface area (Å²) in [6, 6.07) is 0. The predicted octanol–water partition coefficient (Wildman–Crippen LogP) is 1.15. The molecular formula is C11H19NO3. The molecule has 15 heavy (non-hydrogen) atoms. The van der Waals surface area contributed by atoms with Gasteiger partial charge in [-0.25, -0.2) is 0 Å². The molecule has 2 N–H and O–H groups in total. The average molecular weight is 213 g/mol. The summed E-state index contributed by atoms with van der Waals surface area (Å²) in [5.41, 5.74) is -0.742. The summed E-state index contributed by atoms with van der Waals surface area (Å²) in [6.45, 7) is 0. The minimum atomic E-state index is -0.746. The summed E-state index contributed by atoms with van der Waals surface area (Å²) in [5.74, 6) is -0.746. The van der Waals surface area contributed by atoms with E-state index in [4.69, 9.17) is 9.84 Å². The first-order chi connectivity index (χ1) is 7.16. The Balaban J connectivity index is 1.89. The van der Waals surface area contributed by atoms with Gasteiger partial charge in [-0.15, -0.1) is 0 Å². The molecule has 86 valence electrons. The topological polar surface area (TPSA) is 58.6 Å². The monoisotopic (exact) mass is 213 g/mol. The maximum atomic E-state index is 11.2. The number of carboxylic acid groups (broad SMARTS) is 1. The van der Waals surface area contributed by atoms with E-state index in [2.05, 4.69) is 5.32 Å². The minimum absolute atomic E-state index is 0.138. The van der Waals surface area contributed by atoms with Crippen LogP contribution in [0.4, 0.5) is 0 Å². The molecule has 0 heterocycles. The maximum Gasteiger partial charge on any atom is 0.323 e. The zero-order chi connectivity index (χ0) is 10.9. The second-order valence-electron chi connectivity index (χ2n) is 4.69. The molecule has 0 aromatic heterocycles. The second-order valence-corrected chi connectivity index (χ2v) is 4.69. The van der Waals surface area contributed by atoms with Crippen LogP contribution in [0.15, 0.2) is 0 Å². The van der Waals surface area contributed by atoms with Gasteiger partial charge >= 0.3 is 5.97 Å². The number of hydrogen-bond acceptors (Lipinski definition) is 3. The van der Waals surface area contributed by atoms with Gasteiger partial charge in [-0.3, -0.25) is 4.79 Å². The molecule has 2 saturated carbocycles. The minimum Gasteiger partial charge on any atom is -0.480 e. The Morgan fingerprint density at radius 2 is 2.13 bits per heavy atom. The van der Waals surface area contributed by atoms with E-state index in [1.807, 2.05) is 0 Å². The molecule has 2 fully saturated rings. The highest BCUT2D eigenvalue weighted by Gasteiger charge is 2.45. The van der Waals surface area contributed by atoms with E-state index in [0.717, 1.165) is 19.3 Å². The van der Waals surface area contributed by atoms with Crippen LogP contribution in [0.2, 0.25) is 0 Å². The lowest BCUT2D eigenvalue weighted by Gasteiger charge is -2.30. The number of likely N-dealkylation sites (N-methyl/N-ethyl adjacent to an activating group) is 1. The van der Waals surface area contributed by atoms with Gasteiger partial charge in [0.1, 0.15) is 5.54 Å². The molecule has 4 heteroatoms. The standard InChI is InChI=1S/C11H19NO3/c1-12-11(10(13)14)6-5-9(7-11)15-8-3-2-4-8/h8-9,12H,2-7H2,1H3,(H,13,14). The van der Waals surface area contributed by atoms with E-state index in [1.54, 1.807) is 7.05 Å². The molecule has 0 aromatic rings. The van der Waals surface area contributed by atoms with Crippen molar-refractivity contribution in [1.29, 1.82) is 0 Å². The lowest BCUT2D eigenvalue weighted by molar-refractivity contribution is -0.145. The quantitative estimate of drug-likeness (QED) is 0.735. The van der Waals surface area contributed by atoms with Crippen LogP contribution < -0.4 is 5.32 Å². The van der Waals surface area contributed by atoms with E-state index in [0.29, 0.717) is 18.9 Å². The fourth-order valence-electron chi connectivity index (χ4n) is 2.42. The molecule has 0 amide bonds. The van der Waals surface area contributed by atoms with E-state index in [1.165, 1.54) is 6.42 Å². The van der Waals surface area contributed by atoms with Crippen LogP contribution in [0.25, 0.3) is 0 Å². The molecule has 2 unspecified atom stereocenters. The van der Waals surface area contributed by atoms with Crippen molar-refractivity contribution in [2.45, 2.75) is 56.3 Å². The SMILES string of the molecule is CNC1(C(=O)O)CCC(OC2CCC2)C1. The van der Waals surface area contributed by atoms with Gasteiger partial charge in [0.2, 0.25) is 0 Å². The number of carbonyl (C=O) groups is 1. The van der Waals surface area contributed by atoms with Crippen molar-refractivity contribution < 1.29 is 14.6 Å². The summed E-state index contributed by atoms with van der Waals surface area (Å²) < 4.78 is 5.85. The summed E-state index contributed by atoms with van der Waals surface area (Å²) >= 11 is 0. The molecule has 0 aromatic carbocycles. The molecule has 0 saturated heterocycles. The number of carboxylic acids is 1. The Labute approximate surface area is 90.0 Å². The van der Waals surface area contributed by atoms with Crippen molar-refractivity contribution in [2.24, 2.45) is 0 Å². The third-order valence-corrected chi connectivity index (χ3v) is 3.79. The van der Waals surface area contributed by atoms with Crippen LogP contribution in [0, 0.1) is 0 Å². The molecule has 0 spiro atoms. The van der Waals surface area contributed by atoms with Crippen molar-refractivity contribution >= 4 is 5.97 Å². The van der Waals surface area contributed by atoms with Crippen LogP contribution in [0.3, 0.4) is 0 Å². The van der Waals surface area contributed by atoms with E-state index < -0.39 is 11.5 Å². The van der Waals surface area contributed by atoms with Crippen molar-refractivity contribution in [2.75, 3.05) is 7.05 Å². The van der Waals surface area contributed by atoms with Gasteiger partial charge in [0.05, 0.1) is 12.2 Å². The van der Waals surface area contributed by atoms with E-state index >= 15 is 0 Å². The van der Waals surface area contributed by atoms with Crippen LogP contribution in [-0.2, 0) is 9.53 Å². The van der Waals surface area contributed by atoms with Crippen LogP contribution in [-0.4, -0.2) is 35.9 Å². The van der Waals surface area contributed by atoms with Gasteiger partial charge in [0.15, 0.2) is 0 Å². The summed E-state index contributed by atoms with van der Waals surface area (Å²) in [5, 5.41) is 12.1. The van der Waals surface area contributed by atoms with Crippen molar-refractivity contribution in [1.82, 2.24) is 5.32 Å². The zero-order valence-electron chi connectivity index (χ0n) is 9.16. The normalized spacial score (nSPS) is 36.5. The second kappa shape index (κ2) is 4.10. The summed E-state index contributed by atoms with van der Waals surface area (Å²) in [7, 11) is 1.72. The first-order valence-electron chi connectivity index (χ1n) is 5.74. The number of rotatable bonds is 4. The first-order valence-corrected chi connectivity index (χ1v) is 5.74. The Hall–Kier alpha value is -0.610. The highest BCUT2D eigenvalue weighted by atomic mass is 16.5. The van der Waals surface area contributed by atoms with Gasteiger partial charge in [-0.1, -0.05) is 0 Å². The van der Waals surface area contributed by atoms with Crippen molar-refractivity contribution in [3.05, 3.63) is 0 Å². The molecule has 0 bridgehead atoms. The smallest absolute Gasteiger partial charge is 0.323 e. The Kier molecular flexibility index (Phi) is 2.98. The Morgan fingerprint density at radius 1 is 1.40 bits per heavy atom. The first kappa shape index (κ1) is 10.9. The highest BCUT2D eigenvalue weighted by Crippen LogP contribution is 2.35. The predicted molar refractivity (Wildman–Crippen MR) is 55.8 cm³/mol. The van der Waals surface area contributed by atoms with Crippen molar-refractivity contribution in [3.8, 4) is 0 Å². The van der Waals surface area contributed by atoms with Crippen molar-refractivity contribution in [3.63, 3.8) is 0 Å². The maximum absolute atomic E-state index is 11.2. The molecular weight excluding hydrogens is 194 g/mol. The van der Waals surface area contributed by atoms with Gasteiger partial charge in [-0.05, 0) is 39.2 Å². The summed E-state index contributed by atoms with van der Waals surface area (Å²) in [4.78, 5) is 11.2. The molecule has 2 rings (SSSR count). The fourth-order valence-corrected chi connectivity index (χ4v) is 2.42. The highest BCUT2D eigenvalue weighted by molar-refractivity contribution is 5.79. The fraction of sp³-hybridized carbons (Fsp3) is 0.909. The number of aliphatic carboxylic acids is 1. The van der Waals surface area contributed by atoms with Gasteiger partial charge in [-0.2, -0.15) is 0 Å². The van der Waals surface area contributed by atoms with E-state index in [-0.39, 0.29) is 6.10 Å². The lowest BCUT2D eigenvalue weighted by atomic mass is 9.95. The molecule has 0 radical (unpaired) electrons. The molecule has 2 aliphatic carbocycles. The largest absolute Gasteiger partial charge is 0.480 e. The number of hydrogen-bond donors (Lipinski definition) is 2. The van der Waals surface area contributed by atoms with Gasteiger partial charge < -0.3 is 15.2 Å². The average Bonchev–Trinajstić information content (AvgIpc) is 2.56. The third kappa shape index (κ3) is 2.01. The zero-order valence-corrected chi connectivity index (χ0v) is 9.16. The van der Waals surface area contributed by atoms with Crippen LogP contribution in [0.5, 0.6) is 0 Å². The molecule has 4 nitrogen and oxygen atoms in total.